The van der Waals surface area contributed by atoms with Gasteiger partial charge in [-0.15, -0.1) is 0 Å². The van der Waals surface area contributed by atoms with Crippen LogP contribution in [0.4, 0.5) is 4.79 Å². The van der Waals surface area contributed by atoms with E-state index in [9.17, 15) is 14.7 Å². The van der Waals surface area contributed by atoms with Crippen molar-refractivity contribution in [2.24, 2.45) is 0 Å². The molecule has 5 rings (SSSR count). The Bertz CT molecular complexity index is 1180. The number of carbonyl (C=O) groups excluding carboxylic acids is 1. The molecule has 7 heteroatoms. The van der Waals surface area contributed by atoms with E-state index in [1.54, 1.807) is 6.07 Å². The molecule has 0 atom stereocenters. The fourth-order valence-electron chi connectivity index (χ4n) is 4.48. The zero-order valence-corrected chi connectivity index (χ0v) is 17.8. The maximum atomic E-state index is 12.9. The Labute approximate surface area is 189 Å². The highest BCUT2D eigenvalue weighted by Crippen LogP contribution is 2.44. The maximum absolute atomic E-state index is 12.9. The second kappa shape index (κ2) is 8.20. The average Bonchev–Trinajstić information content (AvgIpc) is 2.94. The minimum Gasteiger partial charge on any atom is -0.490 e. The van der Waals surface area contributed by atoms with Gasteiger partial charge in [-0.2, -0.15) is 0 Å². The van der Waals surface area contributed by atoms with Crippen molar-refractivity contribution in [3.63, 3.8) is 0 Å². The first-order valence-corrected chi connectivity index (χ1v) is 10.7. The molecule has 1 N–H and O–H groups in total. The first-order valence-electron chi connectivity index (χ1n) is 10.3. The van der Waals surface area contributed by atoms with Gasteiger partial charge in [0.15, 0.2) is 0 Å². The Morgan fingerprint density at radius 1 is 1.06 bits per heavy atom. The number of aromatic carboxylic acids is 1. The Hall–Kier alpha value is -3.51. The molecule has 1 aliphatic carbocycles. The van der Waals surface area contributed by atoms with Gasteiger partial charge in [0.25, 0.3) is 0 Å². The van der Waals surface area contributed by atoms with E-state index >= 15 is 0 Å². The normalized spacial score (nSPS) is 14.6. The van der Waals surface area contributed by atoms with Crippen molar-refractivity contribution < 1.29 is 24.2 Å². The zero-order chi connectivity index (χ0) is 22.2. The van der Waals surface area contributed by atoms with Gasteiger partial charge in [-0.3, -0.25) is 0 Å². The van der Waals surface area contributed by atoms with Gasteiger partial charge in [0.1, 0.15) is 24.5 Å². The second-order valence-corrected chi connectivity index (χ2v) is 8.26. The number of amides is 1. The van der Waals surface area contributed by atoms with Crippen LogP contribution in [0.15, 0.2) is 60.7 Å². The van der Waals surface area contributed by atoms with E-state index in [-0.39, 0.29) is 48.6 Å². The average molecular weight is 450 g/mol. The molecule has 0 aromatic heterocycles. The van der Waals surface area contributed by atoms with E-state index in [4.69, 9.17) is 21.1 Å². The standard InChI is InChI=1S/C25H20ClNO5/c26-16-11-15-13-27(9-10-31-23(15)21(12-16)24(28)29)25(30)32-14-22-19-7-3-1-5-17(19)18-6-2-4-8-20(18)22/h1-8,11-12,22H,9-10,13-14H2,(H,28,29). The highest BCUT2D eigenvalue weighted by atomic mass is 35.5. The van der Waals surface area contributed by atoms with Gasteiger partial charge in [-0.25, -0.2) is 9.59 Å². The molecule has 0 saturated carbocycles. The molecule has 0 unspecified atom stereocenters. The number of carbonyl (C=O) groups is 2. The van der Waals surface area contributed by atoms with Gasteiger partial charge in [0, 0.05) is 16.5 Å². The van der Waals surface area contributed by atoms with E-state index in [0.717, 1.165) is 22.3 Å². The summed E-state index contributed by atoms with van der Waals surface area (Å²) in [6.45, 7) is 0.820. The van der Waals surface area contributed by atoms with E-state index in [2.05, 4.69) is 24.3 Å². The molecule has 0 radical (unpaired) electrons. The van der Waals surface area contributed by atoms with Crippen LogP contribution >= 0.6 is 11.6 Å². The van der Waals surface area contributed by atoms with E-state index < -0.39 is 12.1 Å². The number of fused-ring (bicyclic) bond motifs is 4. The van der Waals surface area contributed by atoms with Gasteiger partial charge in [0.05, 0.1) is 13.1 Å². The van der Waals surface area contributed by atoms with Gasteiger partial charge in [-0.05, 0) is 34.4 Å². The topological polar surface area (TPSA) is 76.1 Å². The lowest BCUT2D eigenvalue weighted by molar-refractivity contribution is 0.0691. The molecule has 3 aromatic rings. The summed E-state index contributed by atoms with van der Waals surface area (Å²) in [5.74, 6) is -0.913. The van der Waals surface area contributed by atoms with Gasteiger partial charge >= 0.3 is 12.1 Å². The number of hydrogen-bond acceptors (Lipinski definition) is 4. The Morgan fingerprint density at radius 2 is 1.72 bits per heavy atom. The fraction of sp³-hybridized carbons (Fsp3) is 0.200. The number of carboxylic acid groups (broad SMARTS) is 1. The molecular formula is C25H20ClNO5. The summed E-state index contributed by atoms with van der Waals surface area (Å²) in [6, 6.07) is 19.3. The number of carboxylic acids is 1. The molecular weight excluding hydrogens is 430 g/mol. The van der Waals surface area contributed by atoms with Crippen LogP contribution in [0.25, 0.3) is 11.1 Å². The molecule has 1 heterocycles. The van der Waals surface area contributed by atoms with Gasteiger partial charge < -0.3 is 19.5 Å². The predicted molar refractivity (Wildman–Crippen MR) is 119 cm³/mol. The number of ether oxygens (including phenoxy) is 2. The van der Waals surface area contributed by atoms with Crippen molar-refractivity contribution in [1.29, 1.82) is 0 Å². The molecule has 0 fully saturated rings. The van der Waals surface area contributed by atoms with Gasteiger partial charge in [-0.1, -0.05) is 60.1 Å². The monoisotopic (exact) mass is 449 g/mol. The Kier molecular flexibility index (Phi) is 5.23. The molecule has 0 saturated heterocycles. The van der Waals surface area contributed by atoms with Crippen LogP contribution in [0.1, 0.15) is 33.0 Å². The van der Waals surface area contributed by atoms with Crippen molar-refractivity contribution in [3.8, 4) is 16.9 Å². The minimum absolute atomic E-state index is 0.0121. The number of hydrogen-bond donors (Lipinski definition) is 1. The van der Waals surface area contributed by atoms with Crippen molar-refractivity contribution in [2.45, 2.75) is 12.5 Å². The van der Waals surface area contributed by atoms with E-state index in [1.807, 2.05) is 24.3 Å². The fourth-order valence-corrected chi connectivity index (χ4v) is 4.72. The van der Waals surface area contributed by atoms with Crippen molar-refractivity contribution in [3.05, 3.63) is 87.9 Å². The summed E-state index contributed by atoms with van der Waals surface area (Å²) in [5, 5.41) is 9.73. The largest absolute Gasteiger partial charge is 0.490 e. The lowest BCUT2D eigenvalue weighted by Gasteiger charge is -2.21. The maximum Gasteiger partial charge on any atom is 0.410 e. The highest BCUT2D eigenvalue weighted by Gasteiger charge is 2.31. The van der Waals surface area contributed by atoms with Crippen LogP contribution in [0.3, 0.4) is 0 Å². The van der Waals surface area contributed by atoms with Crippen LogP contribution in [-0.2, 0) is 11.3 Å². The summed E-state index contributed by atoms with van der Waals surface area (Å²) in [4.78, 5) is 26.0. The first-order chi connectivity index (χ1) is 15.5. The third-order valence-corrected chi connectivity index (χ3v) is 6.14. The highest BCUT2D eigenvalue weighted by molar-refractivity contribution is 6.31. The number of nitrogens with zero attached hydrogens (tertiary/aromatic N) is 1. The zero-order valence-electron chi connectivity index (χ0n) is 17.1. The molecule has 1 aliphatic heterocycles. The Morgan fingerprint density at radius 3 is 2.38 bits per heavy atom. The van der Waals surface area contributed by atoms with Crippen LogP contribution < -0.4 is 4.74 Å². The lowest BCUT2D eigenvalue weighted by Crippen LogP contribution is -2.33. The summed E-state index contributed by atoms with van der Waals surface area (Å²) < 4.78 is 11.4. The van der Waals surface area contributed by atoms with Crippen LogP contribution in [-0.4, -0.2) is 41.8 Å². The molecule has 162 valence electrons. The molecule has 0 spiro atoms. The van der Waals surface area contributed by atoms with Crippen molar-refractivity contribution in [1.82, 2.24) is 4.90 Å². The quantitative estimate of drug-likeness (QED) is 0.596. The van der Waals surface area contributed by atoms with Crippen LogP contribution in [0.2, 0.25) is 5.02 Å². The van der Waals surface area contributed by atoms with E-state index in [0.29, 0.717) is 5.56 Å². The van der Waals surface area contributed by atoms with Crippen molar-refractivity contribution >= 4 is 23.7 Å². The summed E-state index contributed by atoms with van der Waals surface area (Å²) in [5.41, 5.74) is 5.14. The van der Waals surface area contributed by atoms with E-state index in [1.165, 1.54) is 11.0 Å². The molecule has 6 nitrogen and oxygen atoms in total. The number of halogens is 1. The molecule has 0 bridgehead atoms. The lowest BCUT2D eigenvalue weighted by atomic mass is 9.98. The second-order valence-electron chi connectivity index (χ2n) is 7.82. The molecule has 32 heavy (non-hydrogen) atoms. The molecule has 2 aliphatic rings. The predicted octanol–water partition coefficient (Wildman–Crippen LogP) is 5.18. The van der Waals surface area contributed by atoms with Gasteiger partial charge in [0.2, 0.25) is 0 Å². The minimum atomic E-state index is -1.13. The van der Waals surface area contributed by atoms with Crippen LogP contribution in [0.5, 0.6) is 5.75 Å². The summed E-state index contributed by atoms with van der Waals surface area (Å²) >= 11 is 6.10. The smallest absolute Gasteiger partial charge is 0.410 e. The molecule has 3 aromatic carbocycles. The third-order valence-electron chi connectivity index (χ3n) is 5.92. The Balaban J connectivity index is 1.35. The van der Waals surface area contributed by atoms with Crippen LogP contribution in [0, 0.1) is 0 Å². The van der Waals surface area contributed by atoms with Crippen molar-refractivity contribution in [2.75, 3.05) is 19.8 Å². The first kappa shape index (κ1) is 20.4. The summed E-state index contributed by atoms with van der Waals surface area (Å²) in [6.07, 6.45) is -0.472. The summed E-state index contributed by atoms with van der Waals surface area (Å²) in [7, 11) is 0. The number of rotatable bonds is 3. The third kappa shape index (κ3) is 3.56. The molecule has 1 amide bonds. The SMILES string of the molecule is O=C(O)c1cc(Cl)cc2c1OCCN(C(=O)OCC1c3ccccc3-c3ccccc31)C2. The number of benzene rings is 3.